The molecule has 0 saturated carbocycles. The third-order valence-corrected chi connectivity index (χ3v) is 4.52. The molecule has 2 heterocycles. The molecule has 0 aliphatic carbocycles. The lowest BCUT2D eigenvalue weighted by Crippen LogP contribution is -2.25. The van der Waals surface area contributed by atoms with Gasteiger partial charge < -0.3 is 5.32 Å². The van der Waals surface area contributed by atoms with Gasteiger partial charge in [-0.25, -0.2) is 4.98 Å². The van der Waals surface area contributed by atoms with Gasteiger partial charge in [-0.1, -0.05) is 29.8 Å². The first kappa shape index (κ1) is 15.6. The summed E-state index contributed by atoms with van der Waals surface area (Å²) in [7, 11) is 0. The summed E-state index contributed by atoms with van der Waals surface area (Å²) >= 11 is 7.74. The lowest BCUT2D eigenvalue weighted by atomic mass is 10.2. The smallest absolute Gasteiger partial charge is 0.251 e. The first-order chi connectivity index (χ1) is 11.2. The zero-order chi connectivity index (χ0) is 16.1. The third kappa shape index (κ3) is 3.94. The summed E-state index contributed by atoms with van der Waals surface area (Å²) in [4.78, 5) is 20.4. The van der Waals surface area contributed by atoms with Gasteiger partial charge in [0.25, 0.3) is 5.91 Å². The van der Waals surface area contributed by atoms with Crippen LogP contribution in [-0.4, -0.2) is 22.4 Å². The van der Waals surface area contributed by atoms with Gasteiger partial charge >= 0.3 is 0 Å². The highest BCUT2D eigenvalue weighted by atomic mass is 35.5. The van der Waals surface area contributed by atoms with E-state index in [-0.39, 0.29) is 5.91 Å². The van der Waals surface area contributed by atoms with E-state index >= 15 is 0 Å². The Hall–Kier alpha value is -2.24. The molecule has 6 heteroatoms. The standard InChI is InChI=1S/C17H14ClN3OS/c18-15-4-2-1-3-14(15)17-21-13(11-23-17)7-10-20-16(22)12-5-8-19-9-6-12/h1-6,8-9,11H,7,10H2,(H,20,22). The van der Waals surface area contributed by atoms with Crippen molar-refractivity contribution < 1.29 is 4.79 Å². The van der Waals surface area contributed by atoms with Crippen LogP contribution in [-0.2, 0) is 6.42 Å². The zero-order valence-electron chi connectivity index (χ0n) is 12.2. The van der Waals surface area contributed by atoms with Crippen molar-refractivity contribution in [2.75, 3.05) is 6.54 Å². The maximum atomic E-state index is 11.9. The molecular formula is C17H14ClN3OS. The Kier molecular flexibility index (Phi) is 5.00. The van der Waals surface area contributed by atoms with Crippen LogP contribution in [0.15, 0.2) is 54.2 Å². The first-order valence-corrected chi connectivity index (χ1v) is 8.37. The largest absolute Gasteiger partial charge is 0.352 e. The van der Waals surface area contributed by atoms with Gasteiger partial charge in [-0.2, -0.15) is 0 Å². The Morgan fingerprint density at radius 3 is 2.74 bits per heavy atom. The number of nitrogens with one attached hydrogen (secondary N) is 1. The maximum absolute atomic E-state index is 11.9. The van der Waals surface area contributed by atoms with Crippen molar-refractivity contribution in [1.29, 1.82) is 0 Å². The predicted octanol–water partition coefficient (Wildman–Crippen LogP) is 3.83. The fraction of sp³-hybridized carbons (Fsp3) is 0.118. The lowest BCUT2D eigenvalue weighted by Gasteiger charge is -2.03. The minimum atomic E-state index is -0.103. The Labute approximate surface area is 143 Å². The van der Waals surface area contributed by atoms with Crippen molar-refractivity contribution >= 4 is 28.8 Å². The van der Waals surface area contributed by atoms with E-state index < -0.39 is 0 Å². The number of rotatable bonds is 5. The van der Waals surface area contributed by atoms with E-state index in [1.807, 2.05) is 29.6 Å². The number of amides is 1. The summed E-state index contributed by atoms with van der Waals surface area (Å²) < 4.78 is 0. The van der Waals surface area contributed by atoms with Crippen LogP contribution in [0.3, 0.4) is 0 Å². The minimum Gasteiger partial charge on any atom is -0.352 e. The van der Waals surface area contributed by atoms with Crippen LogP contribution in [0.25, 0.3) is 10.6 Å². The molecule has 0 radical (unpaired) electrons. The average Bonchev–Trinajstić information content (AvgIpc) is 3.04. The number of hydrogen-bond donors (Lipinski definition) is 1. The SMILES string of the molecule is O=C(NCCc1csc(-c2ccccc2Cl)n1)c1ccncc1. The quantitative estimate of drug-likeness (QED) is 0.766. The number of carbonyl (C=O) groups is 1. The van der Waals surface area contributed by atoms with Crippen molar-refractivity contribution in [2.45, 2.75) is 6.42 Å². The normalized spacial score (nSPS) is 10.5. The number of halogens is 1. The van der Waals surface area contributed by atoms with Gasteiger partial charge in [-0.15, -0.1) is 11.3 Å². The van der Waals surface area contributed by atoms with Crippen molar-refractivity contribution in [3.05, 3.63) is 70.5 Å². The molecule has 1 aromatic carbocycles. The van der Waals surface area contributed by atoms with E-state index in [1.165, 1.54) is 0 Å². The number of pyridine rings is 1. The monoisotopic (exact) mass is 343 g/mol. The van der Waals surface area contributed by atoms with Crippen molar-refractivity contribution in [3.8, 4) is 10.6 Å². The molecule has 0 saturated heterocycles. The number of carbonyl (C=O) groups excluding carboxylic acids is 1. The molecule has 1 N–H and O–H groups in total. The molecule has 0 aliphatic rings. The highest BCUT2D eigenvalue weighted by molar-refractivity contribution is 7.13. The molecule has 0 fully saturated rings. The van der Waals surface area contributed by atoms with Crippen LogP contribution >= 0.6 is 22.9 Å². The molecule has 0 atom stereocenters. The number of thiazole rings is 1. The molecule has 1 amide bonds. The van der Waals surface area contributed by atoms with Crippen molar-refractivity contribution in [1.82, 2.24) is 15.3 Å². The molecular weight excluding hydrogens is 330 g/mol. The molecule has 116 valence electrons. The van der Waals surface area contributed by atoms with E-state index in [0.717, 1.165) is 16.3 Å². The molecule has 0 unspecified atom stereocenters. The highest BCUT2D eigenvalue weighted by Crippen LogP contribution is 2.30. The summed E-state index contributed by atoms with van der Waals surface area (Å²) in [6, 6.07) is 11.0. The number of benzene rings is 1. The predicted molar refractivity (Wildman–Crippen MR) is 92.8 cm³/mol. The highest BCUT2D eigenvalue weighted by Gasteiger charge is 2.09. The van der Waals surface area contributed by atoms with Crippen LogP contribution in [0.4, 0.5) is 0 Å². The van der Waals surface area contributed by atoms with Gasteiger partial charge in [0, 0.05) is 41.9 Å². The molecule has 4 nitrogen and oxygen atoms in total. The van der Waals surface area contributed by atoms with Crippen molar-refractivity contribution in [2.24, 2.45) is 0 Å². The topological polar surface area (TPSA) is 54.9 Å². The Morgan fingerprint density at radius 2 is 1.96 bits per heavy atom. The van der Waals surface area contributed by atoms with Crippen molar-refractivity contribution in [3.63, 3.8) is 0 Å². The van der Waals surface area contributed by atoms with Gasteiger partial charge in [0.2, 0.25) is 0 Å². The molecule has 3 rings (SSSR count). The molecule has 0 spiro atoms. The van der Waals surface area contributed by atoms with Crippen LogP contribution in [0.5, 0.6) is 0 Å². The van der Waals surface area contributed by atoms with Gasteiger partial charge in [0.15, 0.2) is 0 Å². The van der Waals surface area contributed by atoms with Gasteiger partial charge in [-0.3, -0.25) is 9.78 Å². The van der Waals surface area contributed by atoms with Gasteiger partial charge in [0.1, 0.15) is 5.01 Å². The summed E-state index contributed by atoms with van der Waals surface area (Å²) in [5.41, 5.74) is 2.49. The number of nitrogens with zero attached hydrogens (tertiary/aromatic N) is 2. The van der Waals surface area contributed by atoms with Gasteiger partial charge in [-0.05, 0) is 18.2 Å². The second-order valence-corrected chi connectivity index (χ2v) is 6.13. The number of hydrogen-bond acceptors (Lipinski definition) is 4. The number of aromatic nitrogens is 2. The molecule has 3 aromatic rings. The van der Waals surface area contributed by atoms with Crippen LogP contribution in [0, 0.1) is 0 Å². The first-order valence-electron chi connectivity index (χ1n) is 7.11. The van der Waals surface area contributed by atoms with E-state index in [4.69, 9.17) is 11.6 Å². The average molecular weight is 344 g/mol. The zero-order valence-corrected chi connectivity index (χ0v) is 13.8. The molecule has 23 heavy (non-hydrogen) atoms. The van der Waals surface area contributed by atoms with E-state index in [2.05, 4.69) is 15.3 Å². The molecule has 0 bridgehead atoms. The summed E-state index contributed by atoms with van der Waals surface area (Å²) in [6.45, 7) is 0.535. The third-order valence-electron chi connectivity index (χ3n) is 3.27. The molecule has 0 aliphatic heterocycles. The molecule has 2 aromatic heterocycles. The second kappa shape index (κ2) is 7.35. The van der Waals surface area contributed by atoms with Crippen LogP contribution in [0.2, 0.25) is 5.02 Å². The Balaban J connectivity index is 1.58. The minimum absolute atomic E-state index is 0.103. The fourth-order valence-electron chi connectivity index (χ4n) is 2.09. The summed E-state index contributed by atoms with van der Waals surface area (Å²) in [5.74, 6) is -0.103. The van der Waals surface area contributed by atoms with Crippen LogP contribution in [0.1, 0.15) is 16.1 Å². The fourth-order valence-corrected chi connectivity index (χ4v) is 3.26. The second-order valence-electron chi connectivity index (χ2n) is 4.87. The Bertz CT molecular complexity index is 804. The van der Waals surface area contributed by atoms with Gasteiger partial charge in [0.05, 0.1) is 10.7 Å². The van der Waals surface area contributed by atoms with E-state index in [1.54, 1.807) is 35.9 Å². The summed E-state index contributed by atoms with van der Waals surface area (Å²) in [5, 5.41) is 6.47. The van der Waals surface area contributed by atoms with E-state index in [9.17, 15) is 4.79 Å². The van der Waals surface area contributed by atoms with E-state index in [0.29, 0.717) is 23.6 Å². The summed E-state index contributed by atoms with van der Waals surface area (Å²) in [6.07, 6.45) is 3.88. The lowest BCUT2D eigenvalue weighted by molar-refractivity contribution is 0.0954. The maximum Gasteiger partial charge on any atom is 0.251 e. The van der Waals surface area contributed by atoms with Crippen LogP contribution < -0.4 is 5.32 Å². The Morgan fingerprint density at radius 1 is 1.17 bits per heavy atom.